The van der Waals surface area contributed by atoms with Crippen LogP contribution in [-0.4, -0.2) is 14.5 Å². The molecule has 0 saturated heterocycles. The second-order valence-electron chi connectivity index (χ2n) is 4.68. The Kier molecular flexibility index (Phi) is 2.92. The molecule has 3 nitrogen and oxygen atoms in total. The van der Waals surface area contributed by atoms with Gasteiger partial charge in [-0.3, -0.25) is 0 Å². The van der Waals surface area contributed by atoms with Crippen LogP contribution in [-0.2, 0) is 8.46 Å². The van der Waals surface area contributed by atoms with E-state index in [9.17, 15) is 8.42 Å². The maximum Gasteiger partial charge on any atom is 0.272 e. The molecular weight excluding hydrogens is 266 g/mol. The first-order valence-electron chi connectivity index (χ1n) is 5.17. The zero-order valence-corrected chi connectivity index (χ0v) is 10.6. The first-order chi connectivity index (χ1) is 6.46. The molecule has 5 heteroatoms. The average molecular weight is 282 g/mol. The van der Waals surface area contributed by atoms with Crippen molar-refractivity contribution in [2.45, 2.75) is 38.6 Å². The highest BCUT2D eigenvalue weighted by molar-refractivity contribution is 9.47. The fourth-order valence-electron chi connectivity index (χ4n) is 3.22. The summed E-state index contributed by atoms with van der Waals surface area (Å²) in [6.07, 6.45) is 5.18. The molecule has 4 atom stereocenters. The Labute approximate surface area is 92.9 Å². The number of rotatable bonds is 3. The molecule has 4 unspecified atom stereocenters. The molecule has 2 aliphatic rings. The van der Waals surface area contributed by atoms with E-state index in [1.807, 2.05) is 6.92 Å². The summed E-state index contributed by atoms with van der Waals surface area (Å²) in [6, 6.07) is 0.0784. The molecule has 82 valence electrons. The van der Waals surface area contributed by atoms with E-state index in [4.69, 9.17) is 0 Å². The van der Waals surface area contributed by atoms with Crippen molar-refractivity contribution in [3.63, 3.8) is 0 Å². The maximum absolute atomic E-state index is 11.0. The monoisotopic (exact) mass is 281 g/mol. The fraction of sp³-hybridized carbons (Fsp3) is 1.00. The fourth-order valence-corrected chi connectivity index (χ4v) is 4.72. The summed E-state index contributed by atoms with van der Waals surface area (Å²) >= 11 is 2.64. The van der Waals surface area contributed by atoms with Crippen molar-refractivity contribution in [3.8, 4) is 0 Å². The molecule has 0 aromatic carbocycles. The largest absolute Gasteiger partial charge is 0.272 e. The number of fused-ring (bicyclic) bond motifs is 2. The van der Waals surface area contributed by atoms with Crippen LogP contribution in [0.15, 0.2) is 0 Å². The van der Waals surface area contributed by atoms with Gasteiger partial charge in [0.25, 0.3) is 8.46 Å². The van der Waals surface area contributed by atoms with Crippen LogP contribution in [0.25, 0.3) is 0 Å². The van der Waals surface area contributed by atoms with Crippen LogP contribution in [0.1, 0.15) is 32.6 Å². The second-order valence-corrected chi connectivity index (χ2v) is 8.35. The summed E-state index contributed by atoms with van der Waals surface area (Å²) in [7, 11) is -3.22. The third kappa shape index (κ3) is 2.31. The van der Waals surface area contributed by atoms with Gasteiger partial charge in [0, 0.05) is 6.04 Å². The Morgan fingerprint density at radius 2 is 2.07 bits per heavy atom. The van der Waals surface area contributed by atoms with Gasteiger partial charge in [-0.25, -0.2) is 13.1 Å². The third-order valence-electron chi connectivity index (χ3n) is 3.76. The van der Waals surface area contributed by atoms with Crippen molar-refractivity contribution in [1.82, 2.24) is 4.72 Å². The van der Waals surface area contributed by atoms with Crippen molar-refractivity contribution < 1.29 is 8.42 Å². The summed E-state index contributed by atoms with van der Waals surface area (Å²) in [4.78, 5) is 0. The van der Waals surface area contributed by atoms with Crippen LogP contribution in [0, 0.1) is 17.8 Å². The van der Waals surface area contributed by atoms with Crippen molar-refractivity contribution in [3.05, 3.63) is 0 Å². The van der Waals surface area contributed by atoms with Crippen LogP contribution in [0.2, 0.25) is 0 Å². The highest BCUT2D eigenvalue weighted by Gasteiger charge is 2.42. The molecule has 0 radical (unpaired) electrons. The normalized spacial score (nSPS) is 38.9. The molecule has 0 amide bonds. The molecule has 2 aliphatic carbocycles. The summed E-state index contributed by atoms with van der Waals surface area (Å²) in [6.45, 7) is 1.98. The van der Waals surface area contributed by atoms with Crippen LogP contribution in [0.3, 0.4) is 0 Å². The predicted octanol–water partition coefficient (Wildman–Crippen LogP) is 2.04. The topological polar surface area (TPSA) is 46.2 Å². The minimum absolute atomic E-state index is 0.0784. The van der Waals surface area contributed by atoms with E-state index in [0.717, 1.165) is 11.8 Å². The van der Waals surface area contributed by atoms with Gasteiger partial charge in [-0.05, 0) is 43.9 Å². The quantitative estimate of drug-likeness (QED) is 0.805. The molecule has 0 heterocycles. The zero-order valence-electron chi connectivity index (χ0n) is 8.24. The van der Waals surface area contributed by atoms with Crippen molar-refractivity contribution in [2.24, 2.45) is 17.8 Å². The highest BCUT2D eigenvalue weighted by Crippen LogP contribution is 2.49. The van der Waals surface area contributed by atoms with Gasteiger partial charge >= 0.3 is 0 Å². The van der Waals surface area contributed by atoms with Crippen LogP contribution in [0.5, 0.6) is 0 Å². The Morgan fingerprint density at radius 3 is 2.50 bits per heavy atom. The lowest BCUT2D eigenvalue weighted by Crippen LogP contribution is -2.37. The number of hydrogen-bond acceptors (Lipinski definition) is 2. The van der Waals surface area contributed by atoms with E-state index in [1.54, 1.807) is 0 Å². The molecule has 2 bridgehead atoms. The molecule has 2 fully saturated rings. The molecule has 1 N–H and O–H groups in total. The minimum Gasteiger partial charge on any atom is -0.203 e. The smallest absolute Gasteiger partial charge is 0.203 e. The van der Waals surface area contributed by atoms with Crippen LogP contribution < -0.4 is 4.72 Å². The van der Waals surface area contributed by atoms with Gasteiger partial charge in [-0.1, -0.05) is 6.42 Å². The minimum atomic E-state index is -3.22. The second kappa shape index (κ2) is 3.76. The number of hydrogen-bond donors (Lipinski definition) is 1. The summed E-state index contributed by atoms with van der Waals surface area (Å²) < 4.78 is 24.7. The molecule has 0 aliphatic heterocycles. The van der Waals surface area contributed by atoms with Crippen LogP contribution in [0.4, 0.5) is 0 Å². The van der Waals surface area contributed by atoms with Crippen LogP contribution >= 0.6 is 14.8 Å². The number of nitrogens with one attached hydrogen (secondary N) is 1. The molecule has 2 saturated carbocycles. The van der Waals surface area contributed by atoms with E-state index in [-0.39, 0.29) is 6.04 Å². The standard InChI is InChI=1S/C9H16BrNO2S/c1-6(11-14(10,12)13)9-5-7-2-3-8(9)4-7/h6-9,11H,2-5H2,1H3. The molecule has 0 spiro atoms. The molecule has 2 rings (SSSR count). The molecule has 0 aromatic heterocycles. The third-order valence-corrected chi connectivity index (χ3v) is 4.98. The lowest BCUT2D eigenvalue weighted by atomic mass is 9.84. The van der Waals surface area contributed by atoms with Gasteiger partial charge in [-0.15, -0.1) is 0 Å². The Bertz CT molecular complexity index is 317. The SMILES string of the molecule is CC(NS(=O)(=O)Br)C1CC2CCC1C2. The van der Waals surface area contributed by atoms with Crippen molar-refractivity contribution in [2.75, 3.05) is 0 Å². The number of halogens is 1. The Hall–Kier alpha value is 0.390. The van der Waals surface area contributed by atoms with E-state index in [1.165, 1.54) is 25.7 Å². The first kappa shape index (κ1) is 10.9. The lowest BCUT2D eigenvalue weighted by Gasteiger charge is -2.27. The van der Waals surface area contributed by atoms with Crippen molar-refractivity contribution >= 4 is 23.3 Å². The molecule has 14 heavy (non-hydrogen) atoms. The van der Waals surface area contributed by atoms with Gasteiger partial charge in [-0.2, -0.15) is 0 Å². The summed E-state index contributed by atoms with van der Waals surface area (Å²) in [5, 5.41) is 0. The van der Waals surface area contributed by atoms with Gasteiger partial charge in [0.15, 0.2) is 0 Å². The van der Waals surface area contributed by atoms with Gasteiger partial charge < -0.3 is 0 Å². The maximum atomic E-state index is 11.0. The zero-order chi connectivity index (χ0) is 10.3. The highest BCUT2D eigenvalue weighted by atomic mass is 79.9. The van der Waals surface area contributed by atoms with Gasteiger partial charge in [0.1, 0.15) is 0 Å². The van der Waals surface area contributed by atoms with E-state index in [0.29, 0.717) is 5.92 Å². The molecular formula is C9H16BrNO2S. The van der Waals surface area contributed by atoms with Crippen molar-refractivity contribution in [1.29, 1.82) is 0 Å². The first-order valence-corrected chi connectivity index (χ1v) is 8.50. The average Bonchev–Trinajstić information content (AvgIpc) is 2.59. The predicted molar refractivity (Wildman–Crippen MR) is 59.4 cm³/mol. The Balaban J connectivity index is 1.96. The van der Waals surface area contributed by atoms with E-state index >= 15 is 0 Å². The molecule has 0 aromatic rings. The summed E-state index contributed by atoms with van der Waals surface area (Å²) in [5.41, 5.74) is 0. The van der Waals surface area contributed by atoms with Gasteiger partial charge in [0.2, 0.25) is 0 Å². The lowest BCUT2D eigenvalue weighted by molar-refractivity contribution is 0.281. The van der Waals surface area contributed by atoms with Gasteiger partial charge in [0.05, 0.1) is 14.8 Å². The Morgan fingerprint density at radius 1 is 1.36 bits per heavy atom. The summed E-state index contributed by atoms with van der Waals surface area (Å²) in [5.74, 6) is 2.19. The van der Waals surface area contributed by atoms with E-state index < -0.39 is 8.46 Å². The van der Waals surface area contributed by atoms with E-state index in [2.05, 4.69) is 19.5 Å².